The number of hydrogen-bond donors (Lipinski definition) is 2. The van der Waals surface area contributed by atoms with Gasteiger partial charge in [-0.1, -0.05) is 24.3 Å². The molecule has 0 N–H and O–H groups in total. The molecule has 1 aromatic rings. The van der Waals surface area contributed by atoms with E-state index in [9.17, 15) is 0 Å². The molecule has 0 aliphatic heterocycles. The van der Waals surface area contributed by atoms with Crippen LogP contribution < -0.4 is 0 Å². The van der Waals surface area contributed by atoms with Gasteiger partial charge in [0.25, 0.3) is 0 Å². The molecule has 0 fully saturated rings. The van der Waals surface area contributed by atoms with Crippen LogP contribution in [-0.4, -0.2) is 5.75 Å². The molecule has 1 aromatic carbocycles. The standard InChI is InChI=1S/C9H12S2/c1-7-4-2-3-5-8(7)9(11)6-10/h2-5,9-11H,6H2,1H3. The Morgan fingerprint density at radius 2 is 2.00 bits per heavy atom. The second-order valence-corrected chi connectivity index (χ2v) is 3.54. The van der Waals surface area contributed by atoms with E-state index < -0.39 is 0 Å². The fourth-order valence-electron chi connectivity index (χ4n) is 1.06. The van der Waals surface area contributed by atoms with E-state index in [1.807, 2.05) is 12.1 Å². The number of hydrogen-bond acceptors (Lipinski definition) is 2. The molecule has 0 saturated carbocycles. The first-order chi connectivity index (χ1) is 5.25. The molecule has 0 bridgehead atoms. The summed E-state index contributed by atoms with van der Waals surface area (Å²) in [7, 11) is 0. The molecule has 0 aliphatic rings. The SMILES string of the molecule is Cc1ccccc1C(S)CS. The third kappa shape index (κ3) is 2.17. The van der Waals surface area contributed by atoms with Crippen molar-refractivity contribution in [2.24, 2.45) is 0 Å². The topological polar surface area (TPSA) is 0 Å². The molecule has 0 nitrogen and oxygen atoms in total. The van der Waals surface area contributed by atoms with Crippen LogP contribution in [0, 0.1) is 6.92 Å². The average Bonchev–Trinajstić information content (AvgIpc) is 2.04. The van der Waals surface area contributed by atoms with Crippen LogP contribution in [0.5, 0.6) is 0 Å². The Labute approximate surface area is 78.8 Å². The predicted molar refractivity (Wildman–Crippen MR) is 56.8 cm³/mol. The third-order valence-electron chi connectivity index (χ3n) is 1.72. The first-order valence-corrected chi connectivity index (χ1v) is 4.75. The highest BCUT2D eigenvalue weighted by molar-refractivity contribution is 7.84. The lowest BCUT2D eigenvalue weighted by molar-refractivity contribution is 1.10. The monoisotopic (exact) mass is 184 g/mol. The summed E-state index contributed by atoms with van der Waals surface area (Å²) in [5, 5.41) is 0.263. The van der Waals surface area contributed by atoms with Crippen molar-refractivity contribution in [1.82, 2.24) is 0 Å². The molecular formula is C9H12S2. The Morgan fingerprint density at radius 1 is 1.36 bits per heavy atom. The van der Waals surface area contributed by atoms with Gasteiger partial charge in [-0.15, -0.1) is 0 Å². The van der Waals surface area contributed by atoms with Crippen molar-refractivity contribution in [2.45, 2.75) is 12.2 Å². The van der Waals surface area contributed by atoms with Gasteiger partial charge in [-0.3, -0.25) is 0 Å². The Balaban J connectivity index is 2.93. The van der Waals surface area contributed by atoms with E-state index in [0.717, 1.165) is 5.75 Å². The largest absolute Gasteiger partial charge is 0.178 e. The molecule has 11 heavy (non-hydrogen) atoms. The zero-order valence-electron chi connectivity index (χ0n) is 6.49. The van der Waals surface area contributed by atoms with E-state index in [1.165, 1.54) is 11.1 Å². The first-order valence-electron chi connectivity index (χ1n) is 3.60. The summed E-state index contributed by atoms with van der Waals surface area (Å²) in [6.45, 7) is 2.10. The summed E-state index contributed by atoms with van der Waals surface area (Å²) in [4.78, 5) is 0. The van der Waals surface area contributed by atoms with Gasteiger partial charge in [0, 0.05) is 11.0 Å². The highest BCUT2D eigenvalue weighted by atomic mass is 32.1. The summed E-state index contributed by atoms with van der Waals surface area (Å²) in [5.74, 6) is 0.786. The van der Waals surface area contributed by atoms with E-state index in [4.69, 9.17) is 0 Å². The van der Waals surface area contributed by atoms with Crippen LogP contribution in [0.1, 0.15) is 16.4 Å². The van der Waals surface area contributed by atoms with Gasteiger partial charge in [-0.25, -0.2) is 0 Å². The number of aryl methyl sites for hydroxylation is 1. The quantitative estimate of drug-likeness (QED) is 0.649. The zero-order chi connectivity index (χ0) is 8.27. The molecule has 60 valence electrons. The summed E-state index contributed by atoms with van der Waals surface area (Å²) < 4.78 is 0. The lowest BCUT2D eigenvalue weighted by atomic mass is 10.1. The number of thiol groups is 2. The molecule has 0 radical (unpaired) electrons. The third-order valence-corrected chi connectivity index (χ3v) is 2.83. The van der Waals surface area contributed by atoms with Crippen molar-refractivity contribution in [3.63, 3.8) is 0 Å². The highest BCUT2D eigenvalue weighted by Gasteiger charge is 2.05. The van der Waals surface area contributed by atoms with E-state index in [2.05, 4.69) is 44.3 Å². The molecule has 1 rings (SSSR count). The van der Waals surface area contributed by atoms with Gasteiger partial charge in [0.15, 0.2) is 0 Å². The Morgan fingerprint density at radius 3 is 2.55 bits per heavy atom. The maximum atomic E-state index is 4.41. The van der Waals surface area contributed by atoms with Crippen LogP contribution >= 0.6 is 25.3 Å². The molecule has 1 atom stereocenters. The summed E-state index contributed by atoms with van der Waals surface area (Å²) in [6.07, 6.45) is 0. The average molecular weight is 184 g/mol. The lowest BCUT2D eigenvalue weighted by Gasteiger charge is -2.09. The number of rotatable bonds is 2. The van der Waals surface area contributed by atoms with Gasteiger partial charge in [-0.05, 0) is 18.1 Å². The molecule has 0 amide bonds. The maximum absolute atomic E-state index is 4.41. The molecule has 0 spiro atoms. The van der Waals surface area contributed by atoms with Crippen LogP contribution in [0.25, 0.3) is 0 Å². The summed E-state index contributed by atoms with van der Waals surface area (Å²) in [5.41, 5.74) is 2.58. The van der Waals surface area contributed by atoms with Gasteiger partial charge in [-0.2, -0.15) is 25.3 Å². The minimum Gasteiger partial charge on any atom is -0.178 e. The van der Waals surface area contributed by atoms with Crippen LogP contribution in [0.4, 0.5) is 0 Å². The van der Waals surface area contributed by atoms with Gasteiger partial charge in [0.1, 0.15) is 0 Å². The molecule has 0 aromatic heterocycles. The van der Waals surface area contributed by atoms with Gasteiger partial charge in [0.05, 0.1) is 0 Å². The first kappa shape index (κ1) is 9.01. The van der Waals surface area contributed by atoms with Crippen LogP contribution in [0.2, 0.25) is 0 Å². The van der Waals surface area contributed by atoms with Crippen molar-refractivity contribution < 1.29 is 0 Å². The molecular weight excluding hydrogens is 172 g/mol. The predicted octanol–water partition coefficient (Wildman–Crippen LogP) is 2.90. The Kier molecular flexibility index (Phi) is 3.34. The molecule has 0 saturated heterocycles. The van der Waals surface area contributed by atoms with Crippen molar-refractivity contribution in [1.29, 1.82) is 0 Å². The van der Waals surface area contributed by atoms with Crippen molar-refractivity contribution in [2.75, 3.05) is 5.75 Å². The summed E-state index contributed by atoms with van der Waals surface area (Å²) in [6, 6.07) is 8.28. The smallest absolute Gasteiger partial charge is 0.0357 e. The van der Waals surface area contributed by atoms with Gasteiger partial charge < -0.3 is 0 Å². The van der Waals surface area contributed by atoms with E-state index in [1.54, 1.807) is 0 Å². The number of benzene rings is 1. The molecule has 2 heteroatoms. The fraction of sp³-hybridized carbons (Fsp3) is 0.333. The van der Waals surface area contributed by atoms with E-state index in [-0.39, 0.29) is 5.25 Å². The van der Waals surface area contributed by atoms with Crippen LogP contribution in [-0.2, 0) is 0 Å². The minimum absolute atomic E-state index is 0.263. The minimum atomic E-state index is 0.263. The Bertz CT molecular complexity index is 233. The molecule has 1 unspecified atom stereocenters. The maximum Gasteiger partial charge on any atom is 0.0357 e. The van der Waals surface area contributed by atoms with Crippen molar-refractivity contribution in [3.05, 3.63) is 35.4 Å². The Hall–Kier alpha value is -0.0800. The highest BCUT2D eigenvalue weighted by Crippen LogP contribution is 2.23. The fourth-order valence-corrected chi connectivity index (χ4v) is 1.55. The van der Waals surface area contributed by atoms with Gasteiger partial charge in [0.2, 0.25) is 0 Å². The summed E-state index contributed by atoms with van der Waals surface area (Å²) >= 11 is 8.61. The van der Waals surface area contributed by atoms with Gasteiger partial charge >= 0.3 is 0 Å². The van der Waals surface area contributed by atoms with E-state index >= 15 is 0 Å². The normalized spacial score (nSPS) is 13.0. The van der Waals surface area contributed by atoms with Crippen LogP contribution in [0.15, 0.2) is 24.3 Å². The van der Waals surface area contributed by atoms with E-state index in [0.29, 0.717) is 0 Å². The molecule has 0 aliphatic carbocycles. The van der Waals surface area contributed by atoms with Crippen molar-refractivity contribution in [3.8, 4) is 0 Å². The second-order valence-electron chi connectivity index (χ2n) is 2.55. The second kappa shape index (κ2) is 4.07. The zero-order valence-corrected chi connectivity index (χ0v) is 8.28. The van der Waals surface area contributed by atoms with Crippen molar-refractivity contribution >= 4 is 25.3 Å². The molecule has 0 heterocycles. The van der Waals surface area contributed by atoms with Crippen LogP contribution in [0.3, 0.4) is 0 Å². The lowest BCUT2D eigenvalue weighted by Crippen LogP contribution is -1.94.